The van der Waals surface area contributed by atoms with Crippen LogP contribution in [0, 0.1) is 0 Å². The van der Waals surface area contributed by atoms with Gasteiger partial charge in [0.15, 0.2) is 0 Å². The first-order valence-electron chi connectivity index (χ1n) is 6.25. The Kier molecular flexibility index (Phi) is 5.07. The second kappa shape index (κ2) is 6.40. The number of likely N-dealkylation sites (N-methyl/N-ethyl adjacent to an activating group) is 1. The SMILES string of the molecule is CN1CCc2cc(Br)sc2C(c2ccccc2)C1.Cl. The van der Waals surface area contributed by atoms with E-state index in [1.165, 1.54) is 19.8 Å². The Balaban J connectivity index is 0.00000133. The van der Waals surface area contributed by atoms with Crippen LogP contribution in [0.15, 0.2) is 40.2 Å². The van der Waals surface area contributed by atoms with Gasteiger partial charge in [0.05, 0.1) is 3.79 Å². The van der Waals surface area contributed by atoms with Gasteiger partial charge >= 0.3 is 0 Å². The van der Waals surface area contributed by atoms with E-state index in [0.29, 0.717) is 5.92 Å². The minimum absolute atomic E-state index is 0. The largest absolute Gasteiger partial charge is 0.305 e. The summed E-state index contributed by atoms with van der Waals surface area (Å²) in [4.78, 5) is 3.98. The number of halogens is 2. The molecule has 4 heteroatoms. The molecule has 0 aliphatic carbocycles. The Morgan fingerprint density at radius 1 is 1.26 bits per heavy atom. The van der Waals surface area contributed by atoms with Crippen LogP contribution in [-0.2, 0) is 6.42 Å². The number of rotatable bonds is 1. The highest BCUT2D eigenvalue weighted by Gasteiger charge is 2.24. The highest BCUT2D eigenvalue weighted by Crippen LogP contribution is 2.38. The lowest BCUT2D eigenvalue weighted by atomic mass is 9.95. The average Bonchev–Trinajstić information content (AvgIpc) is 2.68. The minimum atomic E-state index is 0. The lowest BCUT2D eigenvalue weighted by Gasteiger charge is -2.20. The van der Waals surface area contributed by atoms with Crippen LogP contribution in [-0.4, -0.2) is 25.0 Å². The molecule has 1 nitrogen and oxygen atoms in total. The van der Waals surface area contributed by atoms with Crippen LogP contribution in [0.3, 0.4) is 0 Å². The molecule has 0 bridgehead atoms. The highest BCUT2D eigenvalue weighted by atomic mass is 79.9. The second-order valence-electron chi connectivity index (χ2n) is 4.92. The Morgan fingerprint density at radius 2 is 2.00 bits per heavy atom. The van der Waals surface area contributed by atoms with Crippen molar-refractivity contribution < 1.29 is 0 Å². The van der Waals surface area contributed by atoms with Gasteiger partial charge in [-0.25, -0.2) is 0 Å². The molecule has 0 saturated carbocycles. The van der Waals surface area contributed by atoms with Gasteiger partial charge in [-0.15, -0.1) is 23.7 Å². The van der Waals surface area contributed by atoms with Crippen LogP contribution in [0.5, 0.6) is 0 Å². The summed E-state index contributed by atoms with van der Waals surface area (Å²) in [5.74, 6) is 0.519. The van der Waals surface area contributed by atoms with E-state index in [4.69, 9.17) is 0 Å². The molecule has 0 saturated heterocycles. The Bertz CT molecular complexity index is 540. The van der Waals surface area contributed by atoms with Crippen molar-refractivity contribution in [3.05, 3.63) is 56.2 Å². The van der Waals surface area contributed by atoms with Crippen molar-refractivity contribution in [1.29, 1.82) is 0 Å². The minimum Gasteiger partial charge on any atom is -0.305 e. The van der Waals surface area contributed by atoms with Gasteiger partial charge in [0, 0.05) is 23.9 Å². The van der Waals surface area contributed by atoms with Crippen molar-refractivity contribution in [2.24, 2.45) is 0 Å². The lowest BCUT2D eigenvalue weighted by molar-refractivity contribution is 0.338. The van der Waals surface area contributed by atoms with Crippen molar-refractivity contribution in [3.63, 3.8) is 0 Å². The average molecular weight is 359 g/mol. The van der Waals surface area contributed by atoms with Crippen molar-refractivity contribution >= 4 is 39.7 Å². The lowest BCUT2D eigenvalue weighted by Crippen LogP contribution is -2.24. The summed E-state index contributed by atoms with van der Waals surface area (Å²) in [5.41, 5.74) is 2.95. The third-order valence-electron chi connectivity index (χ3n) is 3.59. The van der Waals surface area contributed by atoms with Crippen LogP contribution < -0.4 is 0 Å². The van der Waals surface area contributed by atoms with Gasteiger partial charge < -0.3 is 4.90 Å². The highest BCUT2D eigenvalue weighted by molar-refractivity contribution is 9.11. The van der Waals surface area contributed by atoms with Gasteiger partial charge in [0.2, 0.25) is 0 Å². The Morgan fingerprint density at radius 3 is 2.74 bits per heavy atom. The van der Waals surface area contributed by atoms with Crippen LogP contribution in [0.25, 0.3) is 0 Å². The first kappa shape index (κ1) is 15.0. The zero-order valence-electron chi connectivity index (χ0n) is 10.8. The topological polar surface area (TPSA) is 3.24 Å². The third-order valence-corrected chi connectivity index (χ3v) is 5.38. The van der Waals surface area contributed by atoms with Crippen LogP contribution in [0.4, 0.5) is 0 Å². The Labute approximate surface area is 133 Å². The van der Waals surface area contributed by atoms with Gasteiger partial charge in [-0.3, -0.25) is 0 Å². The molecule has 1 aromatic carbocycles. The fraction of sp³-hybridized carbons (Fsp3) is 0.333. The molecule has 3 rings (SSSR count). The predicted molar refractivity (Wildman–Crippen MR) is 88.8 cm³/mol. The maximum Gasteiger partial charge on any atom is 0.0704 e. The molecule has 0 spiro atoms. The molecule has 102 valence electrons. The molecule has 1 atom stereocenters. The number of hydrogen-bond acceptors (Lipinski definition) is 2. The molecule has 1 aliphatic rings. The van der Waals surface area contributed by atoms with E-state index >= 15 is 0 Å². The molecule has 1 unspecified atom stereocenters. The monoisotopic (exact) mass is 357 g/mol. The quantitative estimate of drug-likeness (QED) is 0.722. The van der Waals surface area contributed by atoms with Crippen LogP contribution in [0.1, 0.15) is 21.9 Å². The summed E-state index contributed by atoms with van der Waals surface area (Å²) in [6.07, 6.45) is 1.16. The molecule has 0 N–H and O–H groups in total. The summed E-state index contributed by atoms with van der Waals surface area (Å²) in [7, 11) is 2.22. The number of nitrogens with zero attached hydrogens (tertiary/aromatic N) is 1. The summed E-state index contributed by atoms with van der Waals surface area (Å²) >= 11 is 5.54. The molecule has 1 aromatic heterocycles. The van der Waals surface area contributed by atoms with E-state index in [9.17, 15) is 0 Å². The number of fused-ring (bicyclic) bond motifs is 1. The first-order valence-corrected chi connectivity index (χ1v) is 7.86. The van der Waals surface area contributed by atoms with Crippen LogP contribution >= 0.6 is 39.7 Å². The zero-order chi connectivity index (χ0) is 12.5. The number of thiophene rings is 1. The molecule has 1 aliphatic heterocycles. The van der Waals surface area contributed by atoms with Crippen LogP contribution in [0.2, 0.25) is 0 Å². The summed E-state index contributed by atoms with van der Waals surface area (Å²) in [5, 5.41) is 0. The molecule has 0 radical (unpaired) electrons. The molecule has 0 amide bonds. The van der Waals surface area contributed by atoms with Crippen molar-refractivity contribution in [2.75, 3.05) is 20.1 Å². The fourth-order valence-electron chi connectivity index (χ4n) is 2.64. The third kappa shape index (κ3) is 3.22. The second-order valence-corrected chi connectivity index (χ2v) is 7.38. The summed E-state index contributed by atoms with van der Waals surface area (Å²) < 4.78 is 1.26. The molecule has 2 aromatic rings. The van der Waals surface area contributed by atoms with E-state index in [1.807, 2.05) is 11.3 Å². The van der Waals surface area contributed by atoms with Gasteiger partial charge in [-0.05, 0) is 46.6 Å². The van der Waals surface area contributed by atoms with Gasteiger partial charge in [-0.1, -0.05) is 30.3 Å². The number of benzene rings is 1. The van der Waals surface area contributed by atoms with E-state index in [2.05, 4.69) is 64.3 Å². The molecular weight excluding hydrogens is 342 g/mol. The van der Waals surface area contributed by atoms with E-state index in [0.717, 1.165) is 19.5 Å². The van der Waals surface area contributed by atoms with Crippen molar-refractivity contribution in [2.45, 2.75) is 12.3 Å². The number of hydrogen-bond donors (Lipinski definition) is 0. The van der Waals surface area contributed by atoms with Crippen molar-refractivity contribution in [1.82, 2.24) is 4.90 Å². The maximum atomic E-state index is 3.64. The fourth-order valence-corrected chi connectivity index (χ4v) is 4.49. The van der Waals surface area contributed by atoms with Gasteiger partial charge in [0.25, 0.3) is 0 Å². The molecule has 0 fully saturated rings. The van der Waals surface area contributed by atoms with E-state index in [-0.39, 0.29) is 12.4 Å². The van der Waals surface area contributed by atoms with Crippen molar-refractivity contribution in [3.8, 4) is 0 Å². The zero-order valence-corrected chi connectivity index (χ0v) is 14.0. The molecule has 2 heterocycles. The Hall–Kier alpha value is -0.350. The van der Waals surface area contributed by atoms with Gasteiger partial charge in [0.1, 0.15) is 0 Å². The summed E-state index contributed by atoms with van der Waals surface area (Å²) in [6.45, 7) is 2.27. The van der Waals surface area contributed by atoms with Gasteiger partial charge in [-0.2, -0.15) is 0 Å². The first-order chi connectivity index (χ1) is 8.74. The van der Waals surface area contributed by atoms with E-state index in [1.54, 1.807) is 0 Å². The summed E-state index contributed by atoms with van der Waals surface area (Å²) in [6, 6.07) is 13.2. The molecule has 19 heavy (non-hydrogen) atoms. The smallest absolute Gasteiger partial charge is 0.0704 e. The van der Waals surface area contributed by atoms with E-state index < -0.39 is 0 Å². The normalized spacial score (nSPS) is 19.4. The molecular formula is C15H17BrClNS. The predicted octanol–water partition coefficient (Wildman–Crippen LogP) is 4.55. The standard InChI is InChI=1S/C15H16BrNS.ClH/c1-17-8-7-12-9-14(16)18-15(12)13(10-17)11-5-3-2-4-6-11;/h2-6,9,13H,7-8,10H2,1H3;1H. The maximum absolute atomic E-state index is 3.64.